The lowest BCUT2D eigenvalue weighted by molar-refractivity contribution is 0.399. The van der Waals surface area contributed by atoms with E-state index in [1.54, 1.807) is 0 Å². The van der Waals surface area contributed by atoms with E-state index in [9.17, 15) is 9.90 Å². The van der Waals surface area contributed by atoms with Crippen LogP contribution in [-0.4, -0.2) is 47.2 Å². The van der Waals surface area contributed by atoms with E-state index < -0.39 is 5.69 Å². The lowest BCUT2D eigenvalue weighted by atomic mass is 10.4. The molecule has 0 amide bonds. The normalized spacial score (nSPS) is 10.9. The summed E-state index contributed by atoms with van der Waals surface area (Å²) >= 11 is 0. The smallest absolute Gasteiger partial charge is 0.327 e. The fourth-order valence-electron chi connectivity index (χ4n) is 1.24. The number of anilines is 1. The third kappa shape index (κ3) is 3.30. The molecule has 0 saturated carbocycles. The van der Waals surface area contributed by atoms with Gasteiger partial charge in [-0.25, -0.2) is 10.6 Å². The molecule has 15 heavy (non-hydrogen) atoms. The highest BCUT2D eigenvalue weighted by Crippen LogP contribution is 2.16. The predicted octanol–water partition coefficient (Wildman–Crippen LogP) is -0.960. The SMILES string of the molecule is CN(C)CCCN(N)c1[nH]c(=O)[nH]c1O. The molecule has 0 radical (unpaired) electrons. The van der Waals surface area contributed by atoms with Crippen molar-refractivity contribution >= 4 is 5.82 Å². The van der Waals surface area contributed by atoms with Crippen LogP contribution in [0.3, 0.4) is 0 Å². The Morgan fingerprint density at radius 3 is 2.47 bits per heavy atom. The largest absolute Gasteiger partial charge is 0.492 e. The van der Waals surface area contributed by atoms with E-state index in [0.717, 1.165) is 13.0 Å². The molecule has 0 unspecified atom stereocenters. The molecule has 7 nitrogen and oxygen atoms in total. The summed E-state index contributed by atoms with van der Waals surface area (Å²) in [5.74, 6) is 5.65. The Hall–Kier alpha value is -1.47. The number of H-pyrrole nitrogens is 2. The highest BCUT2D eigenvalue weighted by Gasteiger charge is 2.10. The second-order valence-electron chi connectivity index (χ2n) is 3.63. The number of nitrogens with two attached hydrogens (primary N) is 1. The monoisotopic (exact) mass is 215 g/mol. The number of hydrazine groups is 1. The number of hydrogen-bond acceptors (Lipinski definition) is 5. The molecule has 86 valence electrons. The van der Waals surface area contributed by atoms with Gasteiger partial charge in [0.2, 0.25) is 5.88 Å². The van der Waals surface area contributed by atoms with E-state index in [1.807, 2.05) is 19.0 Å². The number of rotatable bonds is 5. The van der Waals surface area contributed by atoms with Gasteiger partial charge in [-0.2, -0.15) is 0 Å². The van der Waals surface area contributed by atoms with Gasteiger partial charge in [0.05, 0.1) is 0 Å². The number of hydrogen-bond donors (Lipinski definition) is 4. The highest BCUT2D eigenvalue weighted by molar-refractivity contribution is 5.45. The Balaban J connectivity index is 2.50. The summed E-state index contributed by atoms with van der Waals surface area (Å²) in [6, 6.07) is 0. The van der Waals surface area contributed by atoms with E-state index in [0.29, 0.717) is 6.54 Å². The summed E-state index contributed by atoms with van der Waals surface area (Å²) in [6.07, 6.45) is 0.843. The molecule has 0 aliphatic rings. The minimum atomic E-state index is -0.467. The quantitative estimate of drug-likeness (QED) is 0.374. The summed E-state index contributed by atoms with van der Waals surface area (Å²) in [5, 5.41) is 10.6. The molecule has 1 heterocycles. The van der Waals surface area contributed by atoms with Crippen molar-refractivity contribution in [3.63, 3.8) is 0 Å². The van der Waals surface area contributed by atoms with Crippen molar-refractivity contribution in [3.8, 4) is 5.88 Å². The van der Waals surface area contributed by atoms with Gasteiger partial charge in [0.15, 0.2) is 5.82 Å². The molecular weight excluding hydrogens is 198 g/mol. The van der Waals surface area contributed by atoms with Crippen molar-refractivity contribution in [3.05, 3.63) is 10.5 Å². The zero-order valence-corrected chi connectivity index (χ0v) is 8.95. The van der Waals surface area contributed by atoms with Crippen molar-refractivity contribution < 1.29 is 5.11 Å². The maximum absolute atomic E-state index is 10.8. The van der Waals surface area contributed by atoms with Gasteiger partial charge >= 0.3 is 5.69 Å². The van der Waals surface area contributed by atoms with Crippen LogP contribution >= 0.6 is 0 Å². The zero-order valence-electron chi connectivity index (χ0n) is 8.95. The first kappa shape index (κ1) is 11.6. The van der Waals surface area contributed by atoms with Crippen molar-refractivity contribution in [1.82, 2.24) is 14.9 Å². The average molecular weight is 215 g/mol. The molecule has 1 aromatic rings. The number of aromatic nitrogens is 2. The fourth-order valence-corrected chi connectivity index (χ4v) is 1.24. The Morgan fingerprint density at radius 2 is 2.00 bits per heavy atom. The standard InChI is InChI=1S/C8H17N5O2/c1-12(2)4-3-5-13(9)6-7(14)11-8(15)10-6/h14H,3-5,9H2,1-2H3,(H2,10,11,15). The average Bonchev–Trinajstić information content (AvgIpc) is 2.44. The molecule has 0 saturated heterocycles. The summed E-state index contributed by atoms with van der Waals surface area (Å²) < 4.78 is 0. The maximum atomic E-state index is 10.8. The maximum Gasteiger partial charge on any atom is 0.327 e. The molecule has 7 heteroatoms. The van der Waals surface area contributed by atoms with Crippen molar-refractivity contribution in [2.75, 3.05) is 32.2 Å². The Morgan fingerprint density at radius 1 is 1.33 bits per heavy atom. The summed E-state index contributed by atoms with van der Waals surface area (Å²) in [4.78, 5) is 17.5. The lowest BCUT2D eigenvalue weighted by Crippen LogP contribution is -2.34. The van der Waals surface area contributed by atoms with Crippen LogP contribution in [0, 0.1) is 0 Å². The lowest BCUT2D eigenvalue weighted by Gasteiger charge is -2.17. The number of imidazole rings is 1. The van der Waals surface area contributed by atoms with Gasteiger partial charge in [-0.3, -0.25) is 15.0 Å². The Labute approximate surface area is 87.5 Å². The van der Waals surface area contributed by atoms with Crippen LogP contribution in [0.2, 0.25) is 0 Å². The first-order valence-corrected chi connectivity index (χ1v) is 4.69. The molecule has 5 N–H and O–H groups in total. The number of nitrogens with zero attached hydrogens (tertiary/aromatic N) is 2. The molecule has 1 rings (SSSR count). The predicted molar refractivity (Wildman–Crippen MR) is 57.8 cm³/mol. The summed E-state index contributed by atoms with van der Waals surface area (Å²) in [7, 11) is 3.94. The first-order valence-electron chi connectivity index (χ1n) is 4.69. The molecule has 0 atom stereocenters. The minimum Gasteiger partial charge on any atom is -0.492 e. The van der Waals surface area contributed by atoms with Gasteiger partial charge in [0.25, 0.3) is 0 Å². The highest BCUT2D eigenvalue weighted by atomic mass is 16.3. The summed E-state index contributed by atoms with van der Waals surface area (Å²) in [6.45, 7) is 1.45. The van der Waals surface area contributed by atoms with Crippen LogP contribution < -0.4 is 16.5 Å². The Kier molecular flexibility index (Phi) is 3.75. The van der Waals surface area contributed by atoms with Crippen molar-refractivity contribution in [2.45, 2.75) is 6.42 Å². The van der Waals surface area contributed by atoms with Crippen molar-refractivity contribution in [2.24, 2.45) is 5.84 Å². The van der Waals surface area contributed by atoms with Gasteiger partial charge in [-0.15, -0.1) is 0 Å². The topological polar surface area (TPSA) is 101 Å². The molecule has 1 aromatic heterocycles. The minimum absolute atomic E-state index is 0.221. The van der Waals surface area contributed by atoms with Crippen molar-refractivity contribution in [1.29, 1.82) is 0 Å². The molecule has 0 aliphatic heterocycles. The fraction of sp³-hybridized carbons (Fsp3) is 0.625. The van der Waals surface area contributed by atoms with Gasteiger partial charge in [-0.05, 0) is 27.1 Å². The van der Waals surface area contributed by atoms with Crippen LogP contribution in [0.5, 0.6) is 5.88 Å². The second-order valence-corrected chi connectivity index (χ2v) is 3.63. The van der Waals surface area contributed by atoms with Crippen LogP contribution in [0.15, 0.2) is 4.79 Å². The van der Waals surface area contributed by atoms with E-state index in [4.69, 9.17) is 5.84 Å². The van der Waals surface area contributed by atoms with Gasteiger partial charge < -0.3 is 10.0 Å². The third-order valence-electron chi connectivity index (χ3n) is 1.98. The third-order valence-corrected chi connectivity index (χ3v) is 1.98. The van der Waals surface area contributed by atoms with E-state index in [-0.39, 0.29) is 11.7 Å². The van der Waals surface area contributed by atoms with Gasteiger partial charge in [0.1, 0.15) is 0 Å². The van der Waals surface area contributed by atoms with E-state index in [1.165, 1.54) is 5.01 Å². The Bertz CT molecular complexity index is 356. The molecule has 0 aliphatic carbocycles. The molecule has 0 fully saturated rings. The van der Waals surface area contributed by atoms with E-state index >= 15 is 0 Å². The number of aromatic amines is 2. The molecule has 0 spiro atoms. The molecular formula is C8H17N5O2. The van der Waals surface area contributed by atoms with E-state index in [2.05, 4.69) is 9.97 Å². The van der Waals surface area contributed by atoms with Gasteiger partial charge in [-0.1, -0.05) is 0 Å². The summed E-state index contributed by atoms with van der Waals surface area (Å²) in [5.41, 5.74) is -0.467. The van der Waals surface area contributed by atoms with Crippen LogP contribution in [-0.2, 0) is 0 Å². The second kappa shape index (κ2) is 4.85. The van der Waals surface area contributed by atoms with Crippen LogP contribution in [0.4, 0.5) is 5.82 Å². The van der Waals surface area contributed by atoms with Gasteiger partial charge in [0, 0.05) is 6.54 Å². The molecule has 0 bridgehead atoms. The van der Waals surface area contributed by atoms with Crippen LogP contribution in [0.25, 0.3) is 0 Å². The van der Waals surface area contributed by atoms with Crippen LogP contribution in [0.1, 0.15) is 6.42 Å². The number of aromatic hydroxyl groups is 1. The number of nitrogens with one attached hydrogen (secondary N) is 2. The molecule has 0 aromatic carbocycles. The first-order chi connectivity index (χ1) is 7.00. The zero-order chi connectivity index (χ0) is 11.4.